The van der Waals surface area contributed by atoms with Crippen LogP contribution in [0.5, 0.6) is 0 Å². The van der Waals surface area contributed by atoms with Crippen LogP contribution in [0.4, 0.5) is 0 Å². The number of rotatable bonds is 6. The maximum Gasteiger partial charge on any atom is 0.323 e. The van der Waals surface area contributed by atoms with Gasteiger partial charge in [0.05, 0.1) is 14.2 Å². The van der Waals surface area contributed by atoms with Gasteiger partial charge in [-0.25, -0.2) is 0 Å². The van der Waals surface area contributed by atoms with Crippen LogP contribution in [0.1, 0.15) is 33.4 Å². The average Bonchev–Trinajstić information content (AvgIpc) is 2.66. The van der Waals surface area contributed by atoms with Crippen molar-refractivity contribution in [1.29, 1.82) is 0 Å². The normalized spacial score (nSPS) is 11.2. The van der Waals surface area contributed by atoms with Crippen LogP contribution in [0, 0.1) is 33.1 Å². The first-order valence-corrected chi connectivity index (χ1v) is 9.04. The van der Waals surface area contributed by atoms with Crippen LogP contribution >= 0.6 is 0 Å². The lowest BCUT2D eigenvalue weighted by atomic mass is 9.74. The van der Waals surface area contributed by atoms with E-state index in [2.05, 4.69) is 0 Å². The Morgan fingerprint density at radius 2 is 1.11 bits per heavy atom. The summed E-state index contributed by atoms with van der Waals surface area (Å²) < 4.78 is 10.2. The van der Waals surface area contributed by atoms with Crippen molar-refractivity contribution in [2.45, 2.75) is 40.5 Å². The number of esters is 2. The van der Waals surface area contributed by atoms with E-state index in [0.29, 0.717) is 0 Å². The highest BCUT2D eigenvalue weighted by Gasteiger charge is 2.49. The molecule has 0 aliphatic heterocycles. The molecule has 0 aliphatic carbocycles. The third-order valence-electron chi connectivity index (χ3n) is 5.57. The van der Waals surface area contributed by atoms with Crippen molar-refractivity contribution in [1.82, 2.24) is 0 Å². The molecule has 0 heterocycles. The average molecular weight is 368 g/mol. The van der Waals surface area contributed by atoms with Gasteiger partial charge in [0.1, 0.15) is 0 Å². The van der Waals surface area contributed by atoms with Gasteiger partial charge in [0.2, 0.25) is 0 Å². The number of carbonyl (C=O) groups is 2. The van der Waals surface area contributed by atoms with E-state index in [-0.39, 0.29) is 12.8 Å². The first kappa shape index (κ1) is 20.7. The molecule has 144 valence electrons. The lowest BCUT2D eigenvalue weighted by molar-refractivity contribution is -0.169. The fraction of sp³-hybridized carbons (Fsp3) is 0.391. The van der Waals surface area contributed by atoms with Crippen LogP contribution < -0.4 is 0 Å². The fourth-order valence-corrected chi connectivity index (χ4v) is 3.48. The van der Waals surface area contributed by atoms with Gasteiger partial charge in [-0.2, -0.15) is 0 Å². The highest BCUT2D eigenvalue weighted by Crippen LogP contribution is 2.34. The number of carbonyl (C=O) groups excluding carboxylic acids is 2. The van der Waals surface area contributed by atoms with Crippen molar-refractivity contribution in [2.75, 3.05) is 14.2 Å². The number of ether oxygens (including phenoxy) is 2. The molecule has 0 aromatic heterocycles. The van der Waals surface area contributed by atoms with Crippen LogP contribution in [0.2, 0.25) is 0 Å². The van der Waals surface area contributed by atoms with Crippen LogP contribution in [0.25, 0.3) is 0 Å². The predicted molar refractivity (Wildman–Crippen MR) is 106 cm³/mol. The van der Waals surface area contributed by atoms with E-state index in [9.17, 15) is 9.59 Å². The minimum atomic E-state index is -1.43. The molecule has 2 aromatic carbocycles. The Bertz CT molecular complexity index is 780. The predicted octanol–water partition coefficient (Wildman–Crippen LogP) is 4.04. The number of hydrogen-bond donors (Lipinski definition) is 0. The van der Waals surface area contributed by atoms with Crippen molar-refractivity contribution < 1.29 is 19.1 Å². The summed E-state index contributed by atoms with van der Waals surface area (Å²) in [4.78, 5) is 25.8. The summed E-state index contributed by atoms with van der Waals surface area (Å²) in [6.45, 7) is 8.03. The second-order valence-corrected chi connectivity index (χ2v) is 7.14. The smallest absolute Gasteiger partial charge is 0.323 e. The quantitative estimate of drug-likeness (QED) is 0.570. The molecule has 2 aromatic rings. The number of benzene rings is 2. The standard InChI is InChI=1S/C23H28O4/c1-15-9-7-11-19(17(15)3)13-23(21(24)26-5,22(25)27-6)14-20-12-8-10-16(2)18(20)4/h7-12H,13-14H2,1-6H3. The van der Waals surface area contributed by atoms with E-state index in [1.807, 2.05) is 64.1 Å². The second kappa shape index (κ2) is 8.38. The van der Waals surface area contributed by atoms with Gasteiger partial charge in [0.25, 0.3) is 0 Å². The molecular weight excluding hydrogens is 340 g/mol. The Morgan fingerprint density at radius 3 is 1.44 bits per heavy atom. The minimum Gasteiger partial charge on any atom is -0.468 e. The van der Waals surface area contributed by atoms with E-state index >= 15 is 0 Å². The van der Waals surface area contributed by atoms with Crippen LogP contribution in [0.15, 0.2) is 36.4 Å². The number of aryl methyl sites for hydroxylation is 2. The van der Waals surface area contributed by atoms with Gasteiger partial charge in [-0.3, -0.25) is 9.59 Å². The molecule has 2 rings (SSSR count). The molecule has 0 bridgehead atoms. The maximum absolute atomic E-state index is 12.9. The molecule has 0 aliphatic rings. The minimum absolute atomic E-state index is 0.229. The fourth-order valence-electron chi connectivity index (χ4n) is 3.48. The van der Waals surface area contributed by atoms with Gasteiger partial charge >= 0.3 is 11.9 Å². The van der Waals surface area contributed by atoms with E-state index in [1.165, 1.54) is 14.2 Å². The zero-order chi connectivity index (χ0) is 20.2. The molecule has 0 atom stereocenters. The molecule has 0 saturated heterocycles. The Labute approximate surface area is 161 Å². The van der Waals surface area contributed by atoms with Crippen LogP contribution in [0.3, 0.4) is 0 Å². The molecule has 0 unspecified atom stereocenters. The summed E-state index contributed by atoms with van der Waals surface area (Å²) in [5.74, 6) is -1.15. The lowest BCUT2D eigenvalue weighted by Crippen LogP contribution is -2.45. The second-order valence-electron chi connectivity index (χ2n) is 7.14. The molecule has 4 nitrogen and oxygen atoms in total. The van der Waals surface area contributed by atoms with Gasteiger partial charge in [-0.15, -0.1) is 0 Å². The van der Waals surface area contributed by atoms with E-state index in [1.54, 1.807) is 0 Å². The summed E-state index contributed by atoms with van der Waals surface area (Å²) in [5, 5.41) is 0. The van der Waals surface area contributed by atoms with Crippen molar-refractivity contribution in [3.8, 4) is 0 Å². The molecule has 0 N–H and O–H groups in total. The van der Waals surface area contributed by atoms with Gasteiger partial charge in [0, 0.05) is 0 Å². The molecule has 0 radical (unpaired) electrons. The van der Waals surface area contributed by atoms with E-state index < -0.39 is 17.4 Å². The monoisotopic (exact) mass is 368 g/mol. The highest BCUT2D eigenvalue weighted by atomic mass is 16.5. The number of methoxy groups -OCH3 is 2. The molecule has 0 amide bonds. The van der Waals surface area contributed by atoms with Crippen molar-refractivity contribution in [2.24, 2.45) is 5.41 Å². The molecular formula is C23H28O4. The zero-order valence-corrected chi connectivity index (χ0v) is 17.0. The third-order valence-corrected chi connectivity index (χ3v) is 5.57. The lowest BCUT2D eigenvalue weighted by Gasteiger charge is -2.30. The Morgan fingerprint density at radius 1 is 0.741 bits per heavy atom. The molecule has 0 spiro atoms. The highest BCUT2D eigenvalue weighted by molar-refractivity contribution is 6.00. The van der Waals surface area contributed by atoms with Crippen molar-refractivity contribution >= 4 is 11.9 Å². The Hall–Kier alpha value is -2.62. The first-order chi connectivity index (χ1) is 12.8. The number of hydrogen-bond acceptors (Lipinski definition) is 4. The third kappa shape index (κ3) is 4.05. The SMILES string of the molecule is COC(=O)C(Cc1cccc(C)c1C)(Cc1cccc(C)c1C)C(=O)OC. The van der Waals surface area contributed by atoms with Gasteiger partial charge in [-0.1, -0.05) is 36.4 Å². The van der Waals surface area contributed by atoms with Gasteiger partial charge in [-0.05, 0) is 73.9 Å². The molecule has 0 fully saturated rings. The van der Waals surface area contributed by atoms with Gasteiger partial charge in [0.15, 0.2) is 5.41 Å². The van der Waals surface area contributed by atoms with Crippen LogP contribution in [-0.4, -0.2) is 26.2 Å². The topological polar surface area (TPSA) is 52.6 Å². The van der Waals surface area contributed by atoms with Crippen molar-refractivity contribution in [3.63, 3.8) is 0 Å². The van der Waals surface area contributed by atoms with Crippen molar-refractivity contribution in [3.05, 3.63) is 69.8 Å². The summed E-state index contributed by atoms with van der Waals surface area (Å²) in [6, 6.07) is 11.8. The first-order valence-electron chi connectivity index (χ1n) is 9.04. The van der Waals surface area contributed by atoms with E-state index in [4.69, 9.17) is 9.47 Å². The van der Waals surface area contributed by atoms with E-state index in [0.717, 1.165) is 33.4 Å². The summed E-state index contributed by atoms with van der Waals surface area (Å²) >= 11 is 0. The summed E-state index contributed by atoms with van der Waals surface area (Å²) in [6.07, 6.45) is 0.459. The Kier molecular flexibility index (Phi) is 6.42. The maximum atomic E-state index is 12.9. The zero-order valence-electron chi connectivity index (χ0n) is 17.0. The molecule has 4 heteroatoms. The largest absolute Gasteiger partial charge is 0.468 e. The van der Waals surface area contributed by atoms with Gasteiger partial charge < -0.3 is 9.47 Å². The molecule has 0 saturated carbocycles. The summed E-state index contributed by atoms with van der Waals surface area (Å²) in [5.41, 5.74) is 4.81. The summed E-state index contributed by atoms with van der Waals surface area (Å²) in [7, 11) is 2.62. The Balaban J connectivity index is 2.62. The van der Waals surface area contributed by atoms with Crippen LogP contribution in [-0.2, 0) is 31.9 Å². The molecule has 27 heavy (non-hydrogen) atoms.